The zero-order valence-corrected chi connectivity index (χ0v) is 10.4. The van der Waals surface area contributed by atoms with Crippen molar-refractivity contribution in [1.82, 2.24) is 4.98 Å². The van der Waals surface area contributed by atoms with Crippen LogP contribution in [0.4, 0.5) is 0 Å². The van der Waals surface area contributed by atoms with Crippen LogP contribution in [-0.2, 0) is 0 Å². The van der Waals surface area contributed by atoms with Crippen LogP contribution in [0.15, 0.2) is 12.1 Å². The van der Waals surface area contributed by atoms with Crippen LogP contribution < -0.4 is 0 Å². The highest BCUT2D eigenvalue weighted by molar-refractivity contribution is 6.36. The molecule has 6 nitrogen and oxygen atoms in total. The fraction of sp³-hybridized carbons (Fsp3) is 0.0833. The van der Waals surface area contributed by atoms with E-state index in [1.807, 2.05) is 0 Å². The number of hydrogen-bond acceptors (Lipinski definition) is 4. The molecule has 0 bridgehead atoms. The van der Waals surface area contributed by atoms with Gasteiger partial charge in [0, 0.05) is 0 Å². The fourth-order valence-electron chi connectivity index (χ4n) is 1.82. The Bertz CT molecular complexity index is 726. The molecular weight excluding hydrogens is 274 g/mol. The van der Waals surface area contributed by atoms with Gasteiger partial charge in [0.1, 0.15) is 11.3 Å². The molecule has 3 N–H and O–H groups in total. The third kappa shape index (κ3) is 2.06. The molecule has 2 rings (SSSR count). The highest BCUT2D eigenvalue weighted by atomic mass is 35.5. The van der Waals surface area contributed by atoms with E-state index in [9.17, 15) is 14.7 Å². The van der Waals surface area contributed by atoms with Gasteiger partial charge in [-0.2, -0.15) is 0 Å². The van der Waals surface area contributed by atoms with Crippen LogP contribution in [0.3, 0.4) is 0 Å². The van der Waals surface area contributed by atoms with Gasteiger partial charge in [-0.3, -0.25) is 0 Å². The molecule has 0 aliphatic carbocycles. The molecule has 1 heterocycles. The molecule has 0 saturated carbocycles. The maximum Gasteiger partial charge on any atom is 0.355 e. The summed E-state index contributed by atoms with van der Waals surface area (Å²) in [5.41, 5.74) is -0.654. The predicted octanol–water partition coefficient (Wildman–Crippen LogP) is 2.30. The Kier molecular flexibility index (Phi) is 3.03. The first-order valence-electron chi connectivity index (χ1n) is 5.12. The summed E-state index contributed by atoms with van der Waals surface area (Å²) in [6.45, 7) is 1.72. The van der Waals surface area contributed by atoms with Crippen LogP contribution in [0.25, 0.3) is 10.9 Å². The number of rotatable bonds is 2. The van der Waals surface area contributed by atoms with Crippen molar-refractivity contribution in [2.24, 2.45) is 0 Å². The Hall–Kier alpha value is -2.34. The van der Waals surface area contributed by atoms with Crippen molar-refractivity contribution >= 4 is 34.4 Å². The summed E-state index contributed by atoms with van der Waals surface area (Å²) in [7, 11) is 0. The van der Waals surface area contributed by atoms with E-state index < -0.39 is 28.9 Å². The van der Waals surface area contributed by atoms with Gasteiger partial charge in [-0.25, -0.2) is 14.6 Å². The number of nitrogens with zero attached hydrogens (tertiary/aromatic N) is 1. The van der Waals surface area contributed by atoms with E-state index in [1.54, 1.807) is 6.92 Å². The molecule has 1 aromatic carbocycles. The van der Waals surface area contributed by atoms with Gasteiger partial charge < -0.3 is 15.3 Å². The summed E-state index contributed by atoms with van der Waals surface area (Å²) in [5, 5.41) is 28.0. The largest absolute Gasteiger partial charge is 0.506 e. The van der Waals surface area contributed by atoms with Crippen molar-refractivity contribution in [3.05, 3.63) is 34.0 Å². The van der Waals surface area contributed by atoms with Gasteiger partial charge in [0.15, 0.2) is 5.69 Å². The molecule has 7 heteroatoms. The Morgan fingerprint density at radius 1 is 1.21 bits per heavy atom. The standard InChI is InChI=1S/C12H8ClNO5/c1-4-2-5(13)7-6(3-4)14-9(12(18)19)8(10(7)15)11(16)17/h2-3H,1H3,(H,14,15)(H,16,17)(H,18,19). The summed E-state index contributed by atoms with van der Waals surface area (Å²) < 4.78 is 0. The second-order valence-electron chi connectivity index (χ2n) is 3.94. The van der Waals surface area contributed by atoms with Crippen LogP contribution >= 0.6 is 11.6 Å². The highest BCUT2D eigenvalue weighted by Crippen LogP contribution is 2.35. The second kappa shape index (κ2) is 4.40. The van der Waals surface area contributed by atoms with E-state index in [-0.39, 0.29) is 15.9 Å². The average molecular weight is 282 g/mol. The van der Waals surface area contributed by atoms with Gasteiger partial charge in [-0.1, -0.05) is 11.6 Å². The third-order valence-electron chi connectivity index (χ3n) is 2.57. The van der Waals surface area contributed by atoms with Gasteiger partial charge >= 0.3 is 11.9 Å². The molecule has 0 unspecified atom stereocenters. The molecule has 1 aromatic heterocycles. The number of carbonyl (C=O) groups is 2. The quantitative estimate of drug-likeness (QED) is 0.779. The lowest BCUT2D eigenvalue weighted by Gasteiger charge is -2.09. The van der Waals surface area contributed by atoms with E-state index in [2.05, 4.69) is 4.98 Å². The lowest BCUT2D eigenvalue weighted by atomic mass is 10.1. The van der Waals surface area contributed by atoms with Crippen molar-refractivity contribution in [2.45, 2.75) is 6.92 Å². The summed E-state index contributed by atoms with van der Waals surface area (Å²) >= 11 is 5.94. The molecule has 0 aliphatic heterocycles. The van der Waals surface area contributed by atoms with Crippen LogP contribution in [0.5, 0.6) is 5.75 Å². The number of halogens is 1. The Morgan fingerprint density at radius 2 is 1.84 bits per heavy atom. The molecule has 0 fully saturated rings. The minimum absolute atomic E-state index is 0.0228. The Morgan fingerprint density at radius 3 is 2.37 bits per heavy atom. The number of aromatic nitrogens is 1. The van der Waals surface area contributed by atoms with Crippen molar-refractivity contribution < 1.29 is 24.9 Å². The fourth-order valence-corrected chi connectivity index (χ4v) is 2.18. The maximum atomic E-state index is 11.1. The summed E-state index contributed by atoms with van der Waals surface area (Å²) in [6, 6.07) is 3.04. The number of benzene rings is 1. The Balaban J connectivity index is 3.02. The molecule has 0 aliphatic rings. The van der Waals surface area contributed by atoms with E-state index >= 15 is 0 Å². The third-order valence-corrected chi connectivity index (χ3v) is 2.87. The van der Waals surface area contributed by atoms with Gasteiger partial charge in [0.05, 0.1) is 15.9 Å². The first kappa shape index (κ1) is 13.1. The topological polar surface area (TPSA) is 108 Å². The SMILES string of the molecule is Cc1cc(Cl)c2c(O)c(C(=O)O)c(C(=O)O)nc2c1. The van der Waals surface area contributed by atoms with E-state index in [0.29, 0.717) is 5.56 Å². The number of carboxylic acid groups (broad SMARTS) is 2. The van der Waals surface area contributed by atoms with Crippen molar-refractivity contribution in [3.8, 4) is 5.75 Å². The number of carboxylic acids is 2. The molecule has 0 saturated heterocycles. The zero-order chi connectivity index (χ0) is 14.3. The first-order chi connectivity index (χ1) is 8.82. The van der Waals surface area contributed by atoms with Gasteiger partial charge in [-0.15, -0.1) is 0 Å². The van der Waals surface area contributed by atoms with Gasteiger partial charge in [0.25, 0.3) is 0 Å². The lowest BCUT2D eigenvalue weighted by molar-refractivity contribution is 0.0644. The number of aromatic carboxylic acids is 2. The second-order valence-corrected chi connectivity index (χ2v) is 4.34. The van der Waals surface area contributed by atoms with Crippen molar-refractivity contribution in [1.29, 1.82) is 0 Å². The zero-order valence-electron chi connectivity index (χ0n) is 9.64. The summed E-state index contributed by atoms with van der Waals surface area (Å²) in [5.74, 6) is -3.81. The highest BCUT2D eigenvalue weighted by Gasteiger charge is 2.25. The van der Waals surface area contributed by atoms with Crippen LogP contribution in [0.1, 0.15) is 26.4 Å². The van der Waals surface area contributed by atoms with Crippen molar-refractivity contribution in [2.75, 3.05) is 0 Å². The normalized spacial score (nSPS) is 10.6. The first-order valence-corrected chi connectivity index (χ1v) is 5.50. The number of aryl methyl sites for hydroxylation is 1. The maximum absolute atomic E-state index is 11.1. The van der Waals surface area contributed by atoms with E-state index in [0.717, 1.165) is 0 Å². The average Bonchev–Trinajstić information content (AvgIpc) is 2.26. The number of hydrogen-bond donors (Lipinski definition) is 3. The molecule has 0 atom stereocenters. The van der Waals surface area contributed by atoms with E-state index in [1.165, 1.54) is 12.1 Å². The Labute approximate surface area is 111 Å². The summed E-state index contributed by atoms with van der Waals surface area (Å²) in [4.78, 5) is 25.8. The van der Waals surface area contributed by atoms with Crippen LogP contribution in [0, 0.1) is 6.92 Å². The van der Waals surface area contributed by atoms with Crippen LogP contribution in [0.2, 0.25) is 5.02 Å². The van der Waals surface area contributed by atoms with E-state index in [4.69, 9.17) is 21.8 Å². The smallest absolute Gasteiger partial charge is 0.355 e. The number of fused-ring (bicyclic) bond motifs is 1. The summed E-state index contributed by atoms with van der Waals surface area (Å²) in [6.07, 6.45) is 0. The molecule has 2 aromatic rings. The minimum Gasteiger partial charge on any atom is -0.506 e. The van der Waals surface area contributed by atoms with Gasteiger partial charge in [-0.05, 0) is 24.6 Å². The molecule has 0 spiro atoms. The lowest BCUT2D eigenvalue weighted by Crippen LogP contribution is -2.11. The van der Waals surface area contributed by atoms with Crippen molar-refractivity contribution in [3.63, 3.8) is 0 Å². The minimum atomic E-state index is -1.58. The molecule has 0 radical (unpaired) electrons. The van der Waals surface area contributed by atoms with Crippen LogP contribution in [-0.4, -0.2) is 32.2 Å². The number of aromatic hydroxyl groups is 1. The molecule has 98 valence electrons. The van der Waals surface area contributed by atoms with Gasteiger partial charge in [0.2, 0.25) is 0 Å². The number of pyridine rings is 1. The monoisotopic (exact) mass is 281 g/mol. The molecule has 19 heavy (non-hydrogen) atoms. The molecule has 0 amide bonds. The predicted molar refractivity (Wildman–Crippen MR) is 67.1 cm³/mol. The molecular formula is C12H8ClNO5.